The zero-order valence-corrected chi connectivity index (χ0v) is 17.5. The zero-order valence-electron chi connectivity index (χ0n) is 16.6. The molecule has 7 nitrogen and oxygen atoms in total. The molecule has 28 heavy (non-hydrogen) atoms. The van der Waals surface area contributed by atoms with Gasteiger partial charge in [0.2, 0.25) is 0 Å². The van der Waals surface area contributed by atoms with Gasteiger partial charge in [-0.2, -0.15) is 0 Å². The Morgan fingerprint density at radius 3 is 2.68 bits per heavy atom. The van der Waals surface area contributed by atoms with Crippen LogP contribution in [0, 0.1) is 5.92 Å². The van der Waals surface area contributed by atoms with Gasteiger partial charge in [-0.25, -0.2) is 4.79 Å². The van der Waals surface area contributed by atoms with Crippen LogP contribution in [0.15, 0.2) is 30.3 Å². The fourth-order valence-electron chi connectivity index (χ4n) is 4.37. The standard InChI is InChI=1S/C20H32N3O4P/c1-2-27-28(25,26)15-11-20(18-6-4-3-5-7-18)16-22-19(24)23(20)14-10-17-8-12-21-13-9-17/h3-7,17,21H,2,8-16H2,1H3,(H,22,24)(H,25,26). The van der Waals surface area contributed by atoms with Crippen molar-refractivity contribution in [3.8, 4) is 0 Å². The van der Waals surface area contributed by atoms with Crippen LogP contribution >= 0.6 is 7.60 Å². The van der Waals surface area contributed by atoms with E-state index in [0.717, 1.165) is 37.9 Å². The number of piperidine rings is 1. The second-order valence-electron chi connectivity index (χ2n) is 7.72. The molecule has 1 aromatic rings. The molecule has 0 spiro atoms. The molecule has 156 valence electrons. The number of rotatable bonds is 9. The lowest BCUT2D eigenvalue weighted by Crippen LogP contribution is -2.46. The summed E-state index contributed by atoms with van der Waals surface area (Å²) in [6, 6.07) is 9.75. The highest BCUT2D eigenvalue weighted by Crippen LogP contribution is 2.47. The minimum Gasteiger partial charge on any atom is -0.335 e. The number of amides is 2. The minimum atomic E-state index is -3.67. The van der Waals surface area contributed by atoms with E-state index in [1.165, 1.54) is 0 Å². The smallest absolute Gasteiger partial charge is 0.328 e. The summed E-state index contributed by atoms with van der Waals surface area (Å²) in [4.78, 5) is 24.7. The normalized spacial score (nSPS) is 25.5. The van der Waals surface area contributed by atoms with Crippen molar-refractivity contribution in [2.24, 2.45) is 5.92 Å². The highest BCUT2D eigenvalue weighted by atomic mass is 31.2. The molecule has 2 saturated heterocycles. The quantitative estimate of drug-likeness (QED) is 0.546. The number of carbonyl (C=O) groups excluding carboxylic acids is 1. The molecule has 2 heterocycles. The summed E-state index contributed by atoms with van der Waals surface area (Å²) in [5, 5.41) is 6.35. The molecule has 8 heteroatoms. The Labute approximate surface area is 167 Å². The maximum absolute atomic E-state index is 12.7. The van der Waals surface area contributed by atoms with Crippen LogP contribution in [0.1, 0.15) is 38.2 Å². The number of hydrogen-bond acceptors (Lipinski definition) is 4. The van der Waals surface area contributed by atoms with Gasteiger partial charge < -0.3 is 25.0 Å². The van der Waals surface area contributed by atoms with Gasteiger partial charge in [0.05, 0.1) is 18.3 Å². The molecule has 0 saturated carbocycles. The first kappa shape index (κ1) is 21.3. The van der Waals surface area contributed by atoms with Crippen LogP contribution in [-0.4, -0.2) is 54.8 Å². The van der Waals surface area contributed by atoms with Crippen molar-refractivity contribution in [2.75, 3.05) is 38.9 Å². The van der Waals surface area contributed by atoms with E-state index in [-0.39, 0.29) is 18.8 Å². The summed E-state index contributed by atoms with van der Waals surface area (Å²) >= 11 is 0. The van der Waals surface area contributed by atoms with Gasteiger partial charge in [0.15, 0.2) is 0 Å². The third-order valence-corrected chi connectivity index (χ3v) is 7.41. The molecule has 2 unspecified atom stereocenters. The molecule has 2 amide bonds. The van der Waals surface area contributed by atoms with Gasteiger partial charge in [0, 0.05) is 13.1 Å². The molecule has 1 aromatic carbocycles. The first-order chi connectivity index (χ1) is 13.5. The first-order valence-electron chi connectivity index (χ1n) is 10.2. The third-order valence-electron chi connectivity index (χ3n) is 5.96. The topological polar surface area (TPSA) is 90.9 Å². The lowest BCUT2D eigenvalue weighted by atomic mass is 9.85. The molecule has 0 bridgehead atoms. The molecule has 0 aromatic heterocycles. The fraction of sp³-hybridized carbons (Fsp3) is 0.650. The number of nitrogens with one attached hydrogen (secondary N) is 2. The predicted molar refractivity (Wildman–Crippen MR) is 109 cm³/mol. The summed E-state index contributed by atoms with van der Waals surface area (Å²) in [5.41, 5.74) is 0.371. The van der Waals surface area contributed by atoms with Crippen LogP contribution in [0.2, 0.25) is 0 Å². The van der Waals surface area contributed by atoms with Gasteiger partial charge in [-0.05, 0) is 57.2 Å². The number of nitrogens with zero attached hydrogens (tertiary/aromatic N) is 1. The van der Waals surface area contributed by atoms with Crippen molar-refractivity contribution in [1.82, 2.24) is 15.5 Å². The first-order valence-corrected chi connectivity index (χ1v) is 12.0. The van der Waals surface area contributed by atoms with Crippen molar-refractivity contribution < 1.29 is 18.8 Å². The Kier molecular flexibility index (Phi) is 7.15. The molecular formula is C20H32N3O4P. The third kappa shape index (κ3) is 4.95. The second kappa shape index (κ2) is 9.40. The van der Waals surface area contributed by atoms with Crippen molar-refractivity contribution in [1.29, 1.82) is 0 Å². The van der Waals surface area contributed by atoms with Crippen LogP contribution < -0.4 is 10.6 Å². The Balaban J connectivity index is 1.81. The highest BCUT2D eigenvalue weighted by Gasteiger charge is 2.47. The summed E-state index contributed by atoms with van der Waals surface area (Å²) in [7, 11) is -3.67. The van der Waals surface area contributed by atoms with Crippen LogP contribution in [0.3, 0.4) is 0 Å². The summed E-state index contributed by atoms with van der Waals surface area (Å²) < 4.78 is 17.4. The van der Waals surface area contributed by atoms with E-state index < -0.39 is 13.1 Å². The van der Waals surface area contributed by atoms with Crippen LogP contribution in [0.5, 0.6) is 0 Å². The number of benzene rings is 1. The van der Waals surface area contributed by atoms with Gasteiger partial charge in [-0.1, -0.05) is 30.3 Å². The lowest BCUT2D eigenvalue weighted by molar-refractivity contribution is 0.139. The van der Waals surface area contributed by atoms with E-state index in [9.17, 15) is 14.3 Å². The molecule has 2 aliphatic heterocycles. The van der Waals surface area contributed by atoms with Crippen molar-refractivity contribution >= 4 is 13.6 Å². The van der Waals surface area contributed by atoms with Crippen molar-refractivity contribution in [3.05, 3.63) is 35.9 Å². The van der Waals surface area contributed by atoms with Crippen molar-refractivity contribution in [3.63, 3.8) is 0 Å². The van der Waals surface area contributed by atoms with Gasteiger partial charge in [0.1, 0.15) is 0 Å². The SMILES string of the molecule is CCOP(=O)(O)CCC1(c2ccccc2)CNC(=O)N1CCC1CCNCC1. The maximum atomic E-state index is 12.7. The monoisotopic (exact) mass is 409 g/mol. The highest BCUT2D eigenvalue weighted by molar-refractivity contribution is 7.52. The molecule has 2 fully saturated rings. The molecule has 0 aliphatic carbocycles. The Hall–Kier alpha value is -1.40. The Morgan fingerprint density at radius 1 is 1.29 bits per heavy atom. The van der Waals surface area contributed by atoms with Crippen LogP contribution in [0.4, 0.5) is 4.79 Å². The molecule has 3 rings (SSSR count). The van der Waals surface area contributed by atoms with E-state index in [1.807, 2.05) is 35.2 Å². The number of carbonyl (C=O) groups is 1. The largest absolute Gasteiger partial charge is 0.335 e. The lowest BCUT2D eigenvalue weighted by Gasteiger charge is -2.39. The molecule has 2 atom stereocenters. The average molecular weight is 409 g/mol. The second-order valence-corrected chi connectivity index (χ2v) is 9.70. The number of hydrogen-bond donors (Lipinski definition) is 3. The zero-order chi connectivity index (χ0) is 20.0. The van der Waals surface area contributed by atoms with E-state index in [1.54, 1.807) is 6.92 Å². The Morgan fingerprint density at radius 2 is 2.00 bits per heavy atom. The maximum Gasteiger partial charge on any atom is 0.328 e. The van der Waals surface area contributed by atoms with Gasteiger partial charge in [0.25, 0.3) is 0 Å². The van der Waals surface area contributed by atoms with E-state index in [4.69, 9.17) is 4.52 Å². The van der Waals surface area contributed by atoms with Crippen LogP contribution in [-0.2, 0) is 14.6 Å². The number of urea groups is 1. The average Bonchev–Trinajstić information content (AvgIpc) is 3.03. The molecular weight excluding hydrogens is 377 g/mol. The molecule has 0 radical (unpaired) electrons. The fourth-order valence-corrected chi connectivity index (χ4v) is 5.56. The van der Waals surface area contributed by atoms with E-state index in [2.05, 4.69) is 10.6 Å². The van der Waals surface area contributed by atoms with E-state index in [0.29, 0.717) is 25.4 Å². The van der Waals surface area contributed by atoms with Crippen molar-refractivity contribution in [2.45, 2.75) is 38.1 Å². The molecule has 2 aliphatic rings. The van der Waals surface area contributed by atoms with Gasteiger partial charge in [-0.3, -0.25) is 4.57 Å². The van der Waals surface area contributed by atoms with Gasteiger partial charge in [-0.15, -0.1) is 0 Å². The summed E-state index contributed by atoms with van der Waals surface area (Å²) in [6.45, 7) is 5.06. The van der Waals surface area contributed by atoms with Crippen LogP contribution in [0.25, 0.3) is 0 Å². The summed E-state index contributed by atoms with van der Waals surface area (Å²) in [6.07, 6.45) is 3.62. The Bertz CT molecular complexity index is 696. The predicted octanol–water partition coefficient (Wildman–Crippen LogP) is 2.91. The molecule has 3 N–H and O–H groups in total. The summed E-state index contributed by atoms with van der Waals surface area (Å²) in [5.74, 6) is 0.607. The van der Waals surface area contributed by atoms with E-state index >= 15 is 0 Å². The van der Waals surface area contributed by atoms with Gasteiger partial charge >= 0.3 is 13.6 Å². The minimum absolute atomic E-state index is 0.0224.